The number of methoxy groups -OCH3 is 1. The first-order valence-corrected chi connectivity index (χ1v) is 5.49. The number of ether oxygens (including phenoxy) is 1. The summed E-state index contributed by atoms with van der Waals surface area (Å²) in [5, 5.41) is 14.5. The third kappa shape index (κ3) is 2.72. The van der Waals surface area contributed by atoms with Gasteiger partial charge < -0.3 is 10.1 Å². The van der Waals surface area contributed by atoms with E-state index in [2.05, 4.69) is 10.3 Å². The molecule has 1 aromatic heterocycles. The summed E-state index contributed by atoms with van der Waals surface area (Å²) >= 11 is 0. The number of rotatable bonds is 5. The second-order valence-electron chi connectivity index (χ2n) is 3.75. The average Bonchev–Trinajstić information content (AvgIpc) is 2.38. The van der Waals surface area contributed by atoms with Crippen LogP contribution in [0.1, 0.15) is 0 Å². The fraction of sp³-hybridized carbons (Fsp3) is 0.250. The maximum Gasteiger partial charge on any atom is 0.270 e. The van der Waals surface area contributed by atoms with E-state index in [-0.39, 0.29) is 5.69 Å². The van der Waals surface area contributed by atoms with Gasteiger partial charge in [-0.25, -0.2) is 4.98 Å². The molecule has 0 saturated heterocycles. The molecule has 2 rings (SSSR count). The minimum atomic E-state index is -0.413. The predicted molar refractivity (Wildman–Crippen MR) is 68.8 cm³/mol. The van der Waals surface area contributed by atoms with Gasteiger partial charge in [-0.15, -0.1) is 0 Å². The molecular weight excluding hydrogens is 234 g/mol. The van der Waals surface area contributed by atoms with Gasteiger partial charge in [0.15, 0.2) is 0 Å². The number of benzene rings is 1. The van der Waals surface area contributed by atoms with E-state index in [1.807, 2.05) is 6.07 Å². The van der Waals surface area contributed by atoms with Crippen LogP contribution < -0.4 is 5.32 Å². The van der Waals surface area contributed by atoms with Gasteiger partial charge in [0.05, 0.1) is 17.0 Å². The van der Waals surface area contributed by atoms with E-state index in [1.165, 1.54) is 12.1 Å². The normalized spacial score (nSPS) is 10.5. The zero-order chi connectivity index (χ0) is 13.0. The molecule has 0 aliphatic carbocycles. The molecule has 1 aromatic carbocycles. The number of nitrogens with zero attached hydrogens (tertiary/aromatic N) is 2. The summed E-state index contributed by atoms with van der Waals surface area (Å²) in [5.41, 5.74) is 0.799. The van der Waals surface area contributed by atoms with Gasteiger partial charge in [0.1, 0.15) is 5.82 Å². The number of nitrogens with one attached hydrogen (secondary N) is 1. The van der Waals surface area contributed by atoms with Gasteiger partial charge in [0.25, 0.3) is 5.69 Å². The topological polar surface area (TPSA) is 77.3 Å². The van der Waals surface area contributed by atoms with Crippen LogP contribution >= 0.6 is 0 Å². The molecule has 18 heavy (non-hydrogen) atoms. The molecule has 0 bridgehead atoms. The molecule has 1 N–H and O–H groups in total. The fourth-order valence-corrected chi connectivity index (χ4v) is 1.61. The van der Waals surface area contributed by atoms with Gasteiger partial charge in [-0.2, -0.15) is 0 Å². The summed E-state index contributed by atoms with van der Waals surface area (Å²) in [5.74, 6) is 0.730. The first-order chi connectivity index (χ1) is 8.70. The Kier molecular flexibility index (Phi) is 3.69. The molecule has 6 heteroatoms. The van der Waals surface area contributed by atoms with E-state index >= 15 is 0 Å². The van der Waals surface area contributed by atoms with Crippen LogP contribution in [0, 0.1) is 10.1 Å². The third-order valence-electron chi connectivity index (χ3n) is 2.50. The summed E-state index contributed by atoms with van der Waals surface area (Å²) in [6.45, 7) is 1.27. The summed E-state index contributed by atoms with van der Waals surface area (Å²) in [7, 11) is 1.63. The van der Waals surface area contributed by atoms with Crippen LogP contribution in [0.5, 0.6) is 0 Å². The van der Waals surface area contributed by atoms with Crippen LogP contribution in [0.15, 0.2) is 30.3 Å². The van der Waals surface area contributed by atoms with E-state index < -0.39 is 4.92 Å². The van der Waals surface area contributed by atoms with E-state index in [0.29, 0.717) is 13.2 Å². The highest BCUT2D eigenvalue weighted by Crippen LogP contribution is 2.20. The molecule has 0 saturated carbocycles. The lowest BCUT2D eigenvalue weighted by atomic mass is 10.2. The molecule has 2 aromatic rings. The number of aromatic nitrogens is 1. The highest BCUT2D eigenvalue weighted by atomic mass is 16.6. The SMILES string of the molecule is COCCNc1ccc2cc([N+](=O)[O-])ccc2n1. The lowest BCUT2D eigenvalue weighted by Gasteiger charge is -2.05. The maximum atomic E-state index is 10.6. The quantitative estimate of drug-likeness (QED) is 0.498. The first kappa shape index (κ1) is 12.3. The van der Waals surface area contributed by atoms with Crippen molar-refractivity contribution < 1.29 is 9.66 Å². The second kappa shape index (κ2) is 5.42. The Bertz CT molecular complexity index is 571. The number of pyridine rings is 1. The smallest absolute Gasteiger partial charge is 0.270 e. The molecule has 0 aliphatic rings. The largest absolute Gasteiger partial charge is 0.383 e. The number of fused-ring (bicyclic) bond motifs is 1. The second-order valence-corrected chi connectivity index (χ2v) is 3.75. The van der Waals surface area contributed by atoms with Gasteiger partial charge >= 0.3 is 0 Å². The molecule has 0 unspecified atom stereocenters. The van der Waals surface area contributed by atoms with Crippen molar-refractivity contribution in [2.24, 2.45) is 0 Å². The van der Waals surface area contributed by atoms with E-state index in [4.69, 9.17) is 4.74 Å². The van der Waals surface area contributed by atoms with Crippen molar-refractivity contribution in [2.75, 3.05) is 25.6 Å². The Labute approximate surface area is 104 Å². The summed E-state index contributed by atoms with van der Waals surface area (Å²) in [6, 6.07) is 8.22. The first-order valence-electron chi connectivity index (χ1n) is 5.49. The van der Waals surface area contributed by atoms with Gasteiger partial charge in [0, 0.05) is 31.2 Å². The number of hydrogen-bond donors (Lipinski definition) is 1. The Morgan fingerprint density at radius 3 is 2.94 bits per heavy atom. The molecular formula is C12H13N3O3. The zero-order valence-electron chi connectivity index (χ0n) is 9.92. The molecule has 6 nitrogen and oxygen atoms in total. The van der Waals surface area contributed by atoms with Crippen molar-refractivity contribution in [3.8, 4) is 0 Å². The van der Waals surface area contributed by atoms with Gasteiger partial charge in [-0.05, 0) is 18.2 Å². The molecule has 0 aliphatic heterocycles. The molecule has 0 spiro atoms. The number of hydrogen-bond acceptors (Lipinski definition) is 5. The van der Waals surface area contributed by atoms with Crippen molar-refractivity contribution in [3.05, 3.63) is 40.4 Å². The molecule has 0 atom stereocenters. The Morgan fingerprint density at radius 2 is 2.22 bits per heavy atom. The third-order valence-corrected chi connectivity index (χ3v) is 2.50. The van der Waals surface area contributed by atoms with Gasteiger partial charge in [-0.1, -0.05) is 0 Å². The lowest BCUT2D eigenvalue weighted by Crippen LogP contribution is -2.08. The van der Waals surface area contributed by atoms with Gasteiger partial charge in [0.2, 0.25) is 0 Å². The fourth-order valence-electron chi connectivity index (χ4n) is 1.61. The van der Waals surface area contributed by atoms with Crippen LogP contribution in [-0.4, -0.2) is 30.2 Å². The van der Waals surface area contributed by atoms with Crippen molar-refractivity contribution in [2.45, 2.75) is 0 Å². The summed E-state index contributed by atoms with van der Waals surface area (Å²) in [4.78, 5) is 14.6. The Balaban J connectivity index is 2.24. The van der Waals surface area contributed by atoms with Crippen LogP contribution in [0.2, 0.25) is 0 Å². The summed E-state index contributed by atoms with van der Waals surface area (Å²) < 4.78 is 4.93. The van der Waals surface area contributed by atoms with E-state index in [0.717, 1.165) is 16.7 Å². The van der Waals surface area contributed by atoms with Crippen LogP contribution in [0.25, 0.3) is 10.9 Å². The van der Waals surface area contributed by atoms with Crippen molar-refractivity contribution >= 4 is 22.4 Å². The minimum absolute atomic E-state index is 0.0735. The highest BCUT2D eigenvalue weighted by Gasteiger charge is 2.06. The van der Waals surface area contributed by atoms with Crippen molar-refractivity contribution in [3.63, 3.8) is 0 Å². The van der Waals surface area contributed by atoms with Gasteiger partial charge in [-0.3, -0.25) is 10.1 Å². The Morgan fingerprint density at radius 1 is 1.39 bits per heavy atom. The predicted octanol–water partition coefficient (Wildman–Crippen LogP) is 2.20. The standard InChI is InChI=1S/C12H13N3O3/c1-18-7-6-13-12-5-2-9-8-10(15(16)17)3-4-11(9)14-12/h2-5,8H,6-7H2,1H3,(H,13,14). The minimum Gasteiger partial charge on any atom is -0.383 e. The highest BCUT2D eigenvalue weighted by molar-refractivity contribution is 5.82. The molecule has 0 amide bonds. The molecule has 94 valence electrons. The number of nitro benzene ring substituents is 1. The van der Waals surface area contributed by atoms with Crippen LogP contribution in [0.3, 0.4) is 0 Å². The molecule has 0 fully saturated rings. The Hall–Kier alpha value is -2.21. The maximum absolute atomic E-state index is 10.6. The monoisotopic (exact) mass is 247 g/mol. The lowest BCUT2D eigenvalue weighted by molar-refractivity contribution is -0.384. The van der Waals surface area contributed by atoms with Crippen LogP contribution in [0.4, 0.5) is 11.5 Å². The van der Waals surface area contributed by atoms with Crippen molar-refractivity contribution in [1.82, 2.24) is 4.98 Å². The average molecular weight is 247 g/mol. The molecule has 1 heterocycles. The number of nitro groups is 1. The number of anilines is 1. The van der Waals surface area contributed by atoms with Crippen LogP contribution in [-0.2, 0) is 4.74 Å². The van der Waals surface area contributed by atoms with Crippen molar-refractivity contribution in [1.29, 1.82) is 0 Å². The van der Waals surface area contributed by atoms with E-state index in [9.17, 15) is 10.1 Å². The molecule has 0 radical (unpaired) electrons. The van der Waals surface area contributed by atoms with E-state index in [1.54, 1.807) is 19.2 Å². The number of non-ortho nitro benzene ring substituents is 1. The zero-order valence-corrected chi connectivity index (χ0v) is 9.92. The summed E-state index contributed by atoms with van der Waals surface area (Å²) in [6.07, 6.45) is 0.